The second-order valence-electron chi connectivity index (χ2n) is 25.5. The first-order chi connectivity index (χ1) is 43.1. The number of hydrogen-bond acceptors (Lipinski definition) is 15. The maximum Gasteiger partial charge on any atom is 0.472 e. The van der Waals surface area contributed by atoms with Gasteiger partial charge in [0.25, 0.3) is 0 Å². The Bertz CT molecular complexity index is 1720. The van der Waals surface area contributed by atoms with E-state index < -0.39 is 97.5 Å². The van der Waals surface area contributed by atoms with E-state index in [1.807, 2.05) is 0 Å². The molecule has 89 heavy (non-hydrogen) atoms. The van der Waals surface area contributed by atoms with Crippen LogP contribution in [-0.4, -0.2) is 96.7 Å². The largest absolute Gasteiger partial charge is 0.472 e. The van der Waals surface area contributed by atoms with Crippen molar-refractivity contribution in [2.75, 3.05) is 39.6 Å². The summed E-state index contributed by atoms with van der Waals surface area (Å²) in [6.07, 6.45) is 49.8. The Morgan fingerprint density at radius 3 is 0.798 bits per heavy atom. The van der Waals surface area contributed by atoms with Crippen LogP contribution in [0.5, 0.6) is 0 Å². The van der Waals surface area contributed by atoms with Crippen molar-refractivity contribution < 1.29 is 80.2 Å². The topological polar surface area (TPSA) is 237 Å². The van der Waals surface area contributed by atoms with E-state index in [-0.39, 0.29) is 25.7 Å². The molecular weight excluding hydrogens is 1170 g/mol. The van der Waals surface area contributed by atoms with Gasteiger partial charge in [-0.1, -0.05) is 311 Å². The SMILES string of the molecule is CCCCCCCCCCCCCCCCCCCC(=O)O[C@H](COC(=O)CCCCCCCCCCC(C)CC)COP(=O)(O)OC[C@@H](O)COP(=O)(O)OC[C@@H](COC(=O)CCCCCCCCCCCC)OC(=O)CCCCCCCCCCCC. The van der Waals surface area contributed by atoms with E-state index in [0.717, 1.165) is 95.8 Å². The number of phosphoric ester groups is 2. The average molecular weight is 1310 g/mol. The summed E-state index contributed by atoms with van der Waals surface area (Å²) in [4.78, 5) is 72.5. The Hall–Kier alpha value is -1.94. The van der Waals surface area contributed by atoms with Gasteiger partial charge in [-0.2, -0.15) is 0 Å². The summed E-state index contributed by atoms with van der Waals surface area (Å²) in [5.41, 5.74) is 0. The van der Waals surface area contributed by atoms with Gasteiger partial charge in [-0.25, -0.2) is 9.13 Å². The fourth-order valence-electron chi connectivity index (χ4n) is 10.6. The van der Waals surface area contributed by atoms with E-state index in [0.29, 0.717) is 25.7 Å². The van der Waals surface area contributed by atoms with Crippen molar-refractivity contribution >= 4 is 39.5 Å². The lowest BCUT2D eigenvalue weighted by molar-refractivity contribution is -0.161. The first-order valence-electron chi connectivity index (χ1n) is 36.7. The molecule has 0 saturated heterocycles. The summed E-state index contributed by atoms with van der Waals surface area (Å²) >= 11 is 0. The molecule has 0 aromatic carbocycles. The highest BCUT2D eigenvalue weighted by atomic mass is 31.2. The number of rotatable bonds is 70. The number of ether oxygens (including phenoxy) is 4. The van der Waals surface area contributed by atoms with Gasteiger partial charge in [0.05, 0.1) is 26.4 Å². The summed E-state index contributed by atoms with van der Waals surface area (Å²) in [7, 11) is -9.90. The van der Waals surface area contributed by atoms with Crippen LogP contribution in [0.3, 0.4) is 0 Å². The maximum atomic E-state index is 13.0. The number of aliphatic hydroxyl groups is 1. The number of carbonyl (C=O) groups is 4. The van der Waals surface area contributed by atoms with Crippen LogP contribution in [0.15, 0.2) is 0 Å². The Balaban J connectivity index is 5.22. The van der Waals surface area contributed by atoms with E-state index in [9.17, 15) is 43.2 Å². The predicted octanol–water partition coefficient (Wildman–Crippen LogP) is 20.1. The van der Waals surface area contributed by atoms with Gasteiger partial charge in [-0.05, 0) is 31.6 Å². The van der Waals surface area contributed by atoms with Crippen LogP contribution in [-0.2, 0) is 65.4 Å². The molecule has 17 nitrogen and oxygen atoms in total. The quantitative estimate of drug-likeness (QED) is 0.0222. The van der Waals surface area contributed by atoms with Gasteiger partial charge < -0.3 is 33.8 Å². The molecule has 0 aliphatic heterocycles. The van der Waals surface area contributed by atoms with Crippen molar-refractivity contribution in [2.24, 2.45) is 5.92 Å². The first-order valence-corrected chi connectivity index (χ1v) is 39.7. The summed E-state index contributed by atoms with van der Waals surface area (Å²) in [6, 6.07) is 0. The molecule has 0 aliphatic rings. The minimum absolute atomic E-state index is 0.107. The number of aliphatic hydroxyl groups excluding tert-OH is 1. The standard InChI is InChI=1S/C70H136O17P2/c1-6-10-13-16-19-22-25-26-27-28-29-30-31-34-41-46-51-56-70(75)87-66(60-81-68(73)54-49-44-39-36-35-37-42-47-52-63(5)9-4)62-85-89(78,79)83-58-64(71)57-82-88(76,77)84-61-65(86-69(74)55-50-45-40-33-24-21-18-15-12-8-3)59-80-67(72)53-48-43-38-32-23-20-17-14-11-7-2/h63-66,71H,6-62H2,1-5H3,(H,76,77)(H,78,79)/t63?,64-,65+,66+/m0/s1. The molecule has 0 heterocycles. The van der Waals surface area contributed by atoms with Crippen LogP contribution < -0.4 is 0 Å². The van der Waals surface area contributed by atoms with Gasteiger partial charge in [-0.15, -0.1) is 0 Å². The number of phosphoric acid groups is 2. The minimum atomic E-state index is -4.95. The van der Waals surface area contributed by atoms with Gasteiger partial charge >= 0.3 is 39.5 Å². The number of carbonyl (C=O) groups excluding carboxylic acids is 4. The molecule has 0 spiro atoms. The highest BCUT2D eigenvalue weighted by molar-refractivity contribution is 7.47. The lowest BCUT2D eigenvalue weighted by Crippen LogP contribution is -2.30. The molecule has 0 saturated carbocycles. The summed E-state index contributed by atoms with van der Waals surface area (Å²) in [5.74, 6) is -1.34. The molecule has 19 heteroatoms. The normalized spacial score (nSPS) is 14.4. The van der Waals surface area contributed by atoms with E-state index in [2.05, 4.69) is 34.6 Å². The average Bonchev–Trinajstić information content (AvgIpc) is 3.59. The maximum absolute atomic E-state index is 13.0. The minimum Gasteiger partial charge on any atom is -0.462 e. The predicted molar refractivity (Wildman–Crippen MR) is 358 cm³/mol. The van der Waals surface area contributed by atoms with Crippen molar-refractivity contribution in [3.63, 3.8) is 0 Å². The Morgan fingerprint density at radius 1 is 0.315 bits per heavy atom. The Labute approximate surface area is 543 Å². The van der Waals surface area contributed by atoms with Gasteiger partial charge in [0.2, 0.25) is 0 Å². The van der Waals surface area contributed by atoms with Gasteiger partial charge in [0, 0.05) is 25.7 Å². The summed E-state index contributed by atoms with van der Waals surface area (Å²) < 4.78 is 68.2. The van der Waals surface area contributed by atoms with Crippen molar-refractivity contribution in [1.29, 1.82) is 0 Å². The lowest BCUT2D eigenvalue weighted by atomic mass is 9.99. The van der Waals surface area contributed by atoms with Crippen molar-refractivity contribution in [3.8, 4) is 0 Å². The lowest BCUT2D eigenvalue weighted by Gasteiger charge is -2.21. The zero-order chi connectivity index (χ0) is 65.6. The van der Waals surface area contributed by atoms with E-state index in [1.165, 1.54) is 186 Å². The molecule has 0 bridgehead atoms. The molecule has 0 radical (unpaired) electrons. The zero-order valence-electron chi connectivity index (χ0n) is 57.6. The molecule has 0 aromatic rings. The number of esters is 4. The van der Waals surface area contributed by atoms with Crippen LogP contribution in [0.1, 0.15) is 362 Å². The first kappa shape index (κ1) is 87.1. The zero-order valence-corrected chi connectivity index (χ0v) is 59.4. The molecule has 3 N–H and O–H groups in total. The monoisotopic (exact) mass is 1310 g/mol. The molecule has 528 valence electrons. The van der Waals surface area contributed by atoms with Gasteiger partial charge in [0.1, 0.15) is 19.3 Å². The third-order valence-electron chi connectivity index (χ3n) is 16.6. The third-order valence-corrected chi connectivity index (χ3v) is 18.5. The molecule has 0 rings (SSSR count). The second kappa shape index (κ2) is 63.5. The van der Waals surface area contributed by atoms with E-state index >= 15 is 0 Å². The second-order valence-corrected chi connectivity index (χ2v) is 28.4. The van der Waals surface area contributed by atoms with Crippen molar-refractivity contribution in [3.05, 3.63) is 0 Å². The molecule has 0 amide bonds. The van der Waals surface area contributed by atoms with Crippen LogP contribution >= 0.6 is 15.6 Å². The number of unbranched alkanes of at least 4 members (excludes halogenated alkanes) is 41. The highest BCUT2D eigenvalue weighted by Crippen LogP contribution is 2.45. The van der Waals surface area contributed by atoms with E-state index in [1.54, 1.807) is 0 Å². The molecule has 0 fully saturated rings. The third kappa shape index (κ3) is 63.2. The van der Waals surface area contributed by atoms with Gasteiger partial charge in [-0.3, -0.25) is 37.3 Å². The number of hydrogen-bond donors (Lipinski definition) is 3. The van der Waals surface area contributed by atoms with Crippen LogP contribution in [0.25, 0.3) is 0 Å². The summed E-state index contributed by atoms with van der Waals surface area (Å²) in [6.45, 7) is 7.24. The molecule has 6 atom stereocenters. The summed E-state index contributed by atoms with van der Waals surface area (Å²) in [5, 5.41) is 10.6. The van der Waals surface area contributed by atoms with Crippen molar-refractivity contribution in [1.82, 2.24) is 0 Å². The van der Waals surface area contributed by atoms with E-state index in [4.69, 9.17) is 37.0 Å². The molecule has 0 aliphatic carbocycles. The Kier molecular flexibility index (Phi) is 62.1. The van der Waals surface area contributed by atoms with Crippen LogP contribution in [0, 0.1) is 5.92 Å². The smallest absolute Gasteiger partial charge is 0.462 e. The molecular formula is C70H136O17P2. The molecule has 0 aromatic heterocycles. The van der Waals surface area contributed by atoms with Crippen molar-refractivity contribution in [2.45, 2.75) is 380 Å². The fraction of sp³-hybridized carbons (Fsp3) is 0.943. The van der Waals surface area contributed by atoms with Crippen LogP contribution in [0.2, 0.25) is 0 Å². The van der Waals surface area contributed by atoms with Gasteiger partial charge in [0.15, 0.2) is 12.2 Å². The Morgan fingerprint density at radius 2 is 0.539 bits per heavy atom. The van der Waals surface area contributed by atoms with Crippen LogP contribution in [0.4, 0.5) is 0 Å². The fourth-order valence-corrected chi connectivity index (χ4v) is 12.2. The molecule has 3 unspecified atom stereocenters. The highest BCUT2D eigenvalue weighted by Gasteiger charge is 2.30.